The number of nitrogens with zero attached hydrogens (tertiary/aromatic N) is 3. The van der Waals surface area contributed by atoms with Crippen LogP contribution in [0.25, 0.3) is 17.1 Å². The fourth-order valence-corrected chi connectivity index (χ4v) is 3.71. The molecule has 0 radical (unpaired) electrons. The van der Waals surface area contributed by atoms with E-state index in [1.54, 1.807) is 0 Å². The molecule has 3 aromatic rings. The number of allylic oxidation sites excluding steroid dienone is 1. The maximum absolute atomic E-state index is 12.2. The second kappa shape index (κ2) is 7.16. The summed E-state index contributed by atoms with van der Waals surface area (Å²) in [5, 5.41) is 0. The first-order valence-corrected chi connectivity index (χ1v) is 9.20. The van der Waals surface area contributed by atoms with E-state index in [0.717, 1.165) is 36.5 Å². The van der Waals surface area contributed by atoms with Gasteiger partial charge in [0.2, 0.25) is 5.91 Å². The third kappa shape index (κ3) is 3.15. The zero-order chi connectivity index (χ0) is 17.9. The average molecular weight is 345 g/mol. The summed E-state index contributed by atoms with van der Waals surface area (Å²) in [6.07, 6.45) is 4.86. The number of fused-ring (bicyclic) bond motifs is 1. The minimum Gasteiger partial charge on any atom is -0.342 e. The molecule has 0 bridgehead atoms. The summed E-state index contributed by atoms with van der Waals surface area (Å²) in [4.78, 5) is 19.0. The Balaban J connectivity index is 1.66. The summed E-state index contributed by atoms with van der Waals surface area (Å²) in [5.74, 6) is 1.42. The minimum atomic E-state index is 0.167. The molecule has 2 aromatic carbocycles. The van der Waals surface area contributed by atoms with Crippen molar-refractivity contribution < 1.29 is 4.79 Å². The molecular weight excluding hydrogens is 322 g/mol. The predicted octanol–water partition coefficient (Wildman–Crippen LogP) is 4.09. The van der Waals surface area contributed by atoms with Crippen LogP contribution in [0.2, 0.25) is 0 Å². The van der Waals surface area contributed by atoms with Gasteiger partial charge >= 0.3 is 0 Å². The maximum Gasteiger partial charge on any atom is 0.223 e. The molecule has 4 heteroatoms. The van der Waals surface area contributed by atoms with Crippen molar-refractivity contribution in [2.75, 3.05) is 13.1 Å². The highest BCUT2D eigenvalue weighted by atomic mass is 16.2. The van der Waals surface area contributed by atoms with Crippen LogP contribution in [0.4, 0.5) is 0 Å². The van der Waals surface area contributed by atoms with Crippen LogP contribution < -0.4 is 0 Å². The molecule has 0 aliphatic carbocycles. The van der Waals surface area contributed by atoms with E-state index in [1.807, 2.05) is 48.2 Å². The largest absolute Gasteiger partial charge is 0.342 e. The van der Waals surface area contributed by atoms with Crippen LogP contribution in [-0.2, 0) is 11.3 Å². The normalized spacial score (nSPS) is 17.7. The van der Waals surface area contributed by atoms with Crippen LogP contribution in [0, 0.1) is 0 Å². The van der Waals surface area contributed by atoms with Crippen LogP contribution >= 0.6 is 0 Å². The molecule has 4 nitrogen and oxygen atoms in total. The third-order valence-electron chi connectivity index (χ3n) is 5.04. The number of likely N-dealkylation sites (tertiary alicyclic amines) is 1. The average Bonchev–Trinajstić information content (AvgIpc) is 3.23. The Hall–Kier alpha value is -2.88. The molecule has 4 rings (SSSR count). The molecule has 0 saturated carbocycles. The summed E-state index contributed by atoms with van der Waals surface area (Å²) in [6.45, 7) is 4.32. The highest BCUT2D eigenvalue weighted by Gasteiger charge is 2.32. The predicted molar refractivity (Wildman–Crippen MR) is 105 cm³/mol. The van der Waals surface area contributed by atoms with Gasteiger partial charge in [-0.2, -0.15) is 0 Å². The summed E-state index contributed by atoms with van der Waals surface area (Å²) in [5.41, 5.74) is 3.31. The van der Waals surface area contributed by atoms with Crippen molar-refractivity contribution in [2.24, 2.45) is 0 Å². The van der Waals surface area contributed by atoms with Crippen molar-refractivity contribution in [2.45, 2.75) is 25.8 Å². The van der Waals surface area contributed by atoms with Gasteiger partial charge in [0, 0.05) is 32.0 Å². The van der Waals surface area contributed by atoms with Crippen molar-refractivity contribution in [1.29, 1.82) is 0 Å². The maximum atomic E-state index is 12.2. The molecule has 1 atom stereocenters. The van der Waals surface area contributed by atoms with Gasteiger partial charge in [-0.05, 0) is 24.6 Å². The first kappa shape index (κ1) is 16.6. The highest BCUT2D eigenvalue weighted by molar-refractivity contribution is 5.81. The van der Waals surface area contributed by atoms with Gasteiger partial charge in [0.25, 0.3) is 0 Å². The fourth-order valence-electron chi connectivity index (χ4n) is 3.71. The third-order valence-corrected chi connectivity index (χ3v) is 5.04. The van der Waals surface area contributed by atoms with Crippen molar-refractivity contribution in [3.8, 4) is 0 Å². The molecule has 1 amide bonds. The lowest BCUT2D eigenvalue weighted by molar-refractivity contribution is -0.127. The number of aromatic nitrogens is 2. The first-order chi connectivity index (χ1) is 12.8. The van der Waals surface area contributed by atoms with Crippen LogP contribution in [-0.4, -0.2) is 33.4 Å². The number of likely N-dealkylation sites (N-methyl/N-ethyl adjacent to an activating group) is 1. The van der Waals surface area contributed by atoms with E-state index in [2.05, 4.69) is 34.9 Å². The molecule has 26 heavy (non-hydrogen) atoms. The number of carbonyl (C=O) groups is 1. The Bertz CT molecular complexity index is 942. The summed E-state index contributed by atoms with van der Waals surface area (Å²) < 4.78 is 2.26. The van der Waals surface area contributed by atoms with Crippen molar-refractivity contribution >= 4 is 23.0 Å². The number of rotatable bonds is 5. The van der Waals surface area contributed by atoms with Crippen LogP contribution in [0.5, 0.6) is 0 Å². The zero-order valence-corrected chi connectivity index (χ0v) is 15.0. The van der Waals surface area contributed by atoms with Crippen LogP contribution in [0.15, 0.2) is 60.7 Å². The van der Waals surface area contributed by atoms with Gasteiger partial charge in [0.05, 0.1) is 11.0 Å². The number of amides is 1. The smallest absolute Gasteiger partial charge is 0.223 e. The van der Waals surface area contributed by atoms with E-state index in [1.165, 1.54) is 5.56 Å². The van der Waals surface area contributed by atoms with E-state index in [9.17, 15) is 4.79 Å². The van der Waals surface area contributed by atoms with E-state index in [4.69, 9.17) is 4.98 Å². The van der Waals surface area contributed by atoms with Gasteiger partial charge in [-0.15, -0.1) is 0 Å². The molecule has 1 aromatic heterocycles. The zero-order valence-electron chi connectivity index (χ0n) is 15.0. The topological polar surface area (TPSA) is 38.1 Å². The van der Waals surface area contributed by atoms with Crippen molar-refractivity contribution in [3.63, 3.8) is 0 Å². The van der Waals surface area contributed by atoms with E-state index < -0.39 is 0 Å². The molecule has 1 saturated heterocycles. The SMILES string of the molecule is CCN1CC(c2nc3ccccc3n2C/C=C/c2ccccc2)CC1=O. The lowest BCUT2D eigenvalue weighted by Gasteiger charge is -2.14. The second-order valence-corrected chi connectivity index (χ2v) is 6.72. The molecule has 2 heterocycles. The molecule has 1 aliphatic rings. The summed E-state index contributed by atoms with van der Waals surface area (Å²) >= 11 is 0. The highest BCUT2D eigenvalue weighted by Crippen LogP contribution is 2.30. The Kier molecular flexibility index (Phi) is 4.57. The van der Waals surface area contributed by atoms with Crippen LogP contribution in [0.1, 0.15) is 30.7 Å². The van der Waals surface area contributed by atoms with Crippen molar-refractivity contribution in [3.05, 3.63) is 72.1 Å². The number of benzene rings is 2. The standard InChI is InChI=1S/C22H23N3O/c1-2-24-16-18(15-21(24)26)22-23-19-12-6-7-13-20(19)25(22)14-8-11-17-9-4-3-5-10-17/h3-13,18H,2,14-16H2,1H3/b11-8+. The minimum absolute atomic E-state index is 0.167. The molecule has 132 valence electrons. The van der Waals surface area contributed by atoms with Gasteiger partial charge in [-0.1, -0.05) is 54.6 Å². The lowest BCUT2D eigenvalue weighted by atomic mass is 10.1. The summed E-state index contributed by atoms with van der Waals surface area (Å²) in [7, 11) is 0. The number of hydrogen-bond acceptors (Lipinski definition) is 2. The van der Waals surface area contributed by atoms with Gasteiger partial charge < -0.3 is 9.47 Å². The van der Waals surface area contributed by atoms with Crippen LogP contribution in [0.3, 0.4) is 0 Å². The molecule has 1 fully saturated rings. The number of imidazole rings is 1. The Morgan fingerprint density at radius 2 is 1.88 bits per heavy atom. The fraction of sp³-hybridized carbons (Fsp3) is 0.273. The number of carbonyl (C=O) groups excluding carboxylic acids is 1. The molecule has 1 aliphatic heterocycles. The van der Waals surface area contributed by atoms with Gasteiger partial charge in [0.1, 0.15) is 5.82 Å². The van der Waals surface area contributed by atoms with Crippen molar-refractivity contribution in [1.82, 2.24) is 14.5 Å². The van der Waals surface area contributed by atoms with Gasteiger partial charge in [-0.3, -0.25) is 4.79 Å². The number of hydrogen-bond donors (Lipinski definition) is 0. The molecule has 1 unspecified atom stereocenters. The molecule has 0 N–H and O–H groups in total. The molecule has 0 spiro atoms. The first-order valence-electron chi connectivity index (χ1n) is 9.20. The monoisotopic (exact) mass is 345 g/mol. The van der Waals surface area contributed by atoms with Gasteiger partial charge in [0.15, 0.2) is 0 Å². The summed E-state index contributed by atoms with van der Waals surface area (Å²) in [6, 6.07) is 18.5. The van der Waals surface area contributed by atoms with E-state index in [0.29, 0.717) is 6.42 Å². The second-order valence-electron chi connectivity index (χ2n) is 6.72. The van der Waals surface area contributed by atoms with Gasteiger partial charge in [-0.25, -0.2) is 4.98 Å². The molecular formula is C22H23N3O. The lowest BCUT2D eigenvalue weighted by Crippen LogP contribution is -2.24. The Morgan fingerprint density at radius 1 is 1.12 bits per heavy atom. The van der Waals surface area contributed by atoms with E-state index >= 15 is 0 Å². The quantitative estimate of drug-likeness (QED) is 0.699. The van der Waals surface area contributed by atoms with E-state index in [-0.39, 0.29) is 11.8 Å². The number of para-hydroxylation sites is 2. The Morgan fingerprint density at radius 3 is 2.65 bits per heavy atom. The Labute approximate surface area is 153 Å².